The molecule has 1 aromatic heterocycles. The first kappa shape index (κ1) is 25.1. The van der Waals surface area contributed by atoms with Crippen molar-refractivity contribution in [1.29, 1.82) is 0 Å². The molecule has 0 spiro atoms. The summed E-state index contributed by atoms with van der Waals surface area (Å²) >= 11 is 0. The highest BCUT2D eigenvalue weighted by atomic mass is 32.2. The predicted octanol–water partition coefficient (Wildman–Crippen LogP) is 3.12. The van der Waals surface area contributed by atoms with Crippen molar-refractivity contribution < 1.29 is 13.2 Å². The van der Waals surface area contributed by atoms with E-state index < -0.39 is 10.0 Å². The Kier molecular flexibility index (Phi) is 6.83. The van der Waals surface area contributed by atoms with E-state index in [1.54, 1.807) is 29.2 Å². The fraction of sp³-hybridized carbons (Fsp3) is 0.423. The van der Waals surface area contributed by atoms with Crippen molar-refractivity contribution >= 4 is 26.7 Å². The van der Waals surface area contributed by atoms with Gasteiger partial charge in [0.15, 0.2) is 5.69 Å². The second-order valence-corrected chi connectivity index (χ2v) is 11.6. The van der Waals surface area contributed by atoms with Gasteiger partial charge in [-0.25, -0.2) is 13.1 Å². The summed E-state index contributed by atoms with van der Waals surface area (Å²) in [7, 11) is -3.68. The van der Waals surface area contributed by atoms with E-state index in [-0.39, 0.29) is 49.3 Å². The lowest BCUT2D eigenvalue weighted by atomic mass is 10.1. The van der Waals surface area contributed by atoms with Crippen LogP contribution in [0.25, 0.3) is 10.8 Å². The fourth-order valence-electron chi connectivity index (χ4n) is 4.85. The first-order chi connectivity index (χ1) is 16.5. The molecular weight excluding hydrogens is 464 g/mol. The highest BCUT2D eigenvalue weighted by Gasteiger charge is 2.33. The second kappa shape index (κ2) is 9.54. The molecule has 0 unspecified atom stereocenters. The molecule has 35 heavy (non-hydrogen) atoms. The van der Waals surface area contributed by atoms with Gasteiger partial charge in [0.1, 0.15) is 0 Å². The number of hydrogen-bond donors (Lipinski definition) is 0. The van der Waals surface area contributed by atoms with E-state index in [4.69, 9.17) is 0 Å². The average Bonchev–Trinajstić information content (AvgIpc) is 2.79. The van der Waals surface area contributed by atoms with E-state index in [0.29, 0.717) is 22.2 Å². The first-order valence-corrected chi connectivity index (χ1v) is 13.3. The molecule has 186 valence electrons. The van der Waals surface area contributed by atoms with Crippen molar-refractivity contribution in [3.05, 3.63) is 69.1 Å². The van der Waals surface area contributed by atoms with E-state index in [2.05, 4.69) is 5.10 Å². The molecule has 1 aliphatic rings. The third-order valence-electron chi connectivity index (χ3n) is 6.34. The average molecular weight is 497 g/mol. The van der Waals surface area contributed by atoms with E-state index in [1.165, 1.54) is 8.99 Å². The Morgan fingerprint density at radius 3 is 2.11 bits per heavy atom. The molecule has 0 atom stereocenters. The number of piperazine rings is 1. The number of aromatic nitrogens is 2. The third-order valence-corrected chi connectivity index (χ3v) is 8.54. The van der Waals surface area contributed by atoms with Crippen LogP contribution in [-0.4, -0.2) is 59.5 Å². The molecule has 0 saturated carbocycles. The summed E-state index contributed by atoms with van der Waals surface area (Å²) < 4.78 is 29.7. The van der Waals surface area contributed by atoms with Crippen LogP contribution in [0.1, 0.15) is 41.0 Å². The Balaban J connectivity index is 1.61. The van der Waals surface area contributed by atoms with Gasteiger partial charge in [-0.3, -0.25) is 9.59 Å². The molecule has 4 rings (SSSR count). The van der Waals surface area contributed by atoms with Crippen LogP contribution in [0.3, 0.4) is 0 Å². The van der Waals surface area contributed by atoms with Gasteiger partial charge >= 0.3 is 0 Å². The van der Waals surface area contributed by atoms with E-state index in [1.807, 2.05) is 46.8 Å². The minimum Gasteiger partial charge on any atom is -0.335 e. The van der Waals surface area contributed by atoms with Crippen LogP contribution in [0.4, 0.5) is 0 Å². The summed E-state index contributed by atoms with van der Waals surface area (Å²) in [6.45, 7) is 10.9. The SMILES string of the molecule is Cc1cc(C)c(S(=O)(=O)N2CCN(C(=O)c3nn(CC(C)C)c(=O)c4ccccc34)CC2)c(C)c1. The van der Waals surface area contributed by atoms with Crippen molar-refractivity contribution in [2.75, 3.05) is 26.2 Å². The molecule has 2 heterocycles. The number of rotatable bonds is 5. The zero-order valence-electron chi connectivity index (χ0n) is 20.9. The van der Waals surface area contributed by atoms with Crippen LogP contribution in [0, 0.1) is 26.7 Å². The van der Waals surface area contributed by atoms with Gasteiger partial charge in [0, 0.05) is 38.1 Å². The number of fused-ring (bicyclic) bond motifs is 1. The van der Waals surface area contributed by atoms with Crippen LogP contribution in [0.15, 0.2) is 46.1 Å². The van der Waals surface area contributed by atoms with Gasteiger partial charge in [-0.2, -0.15) is 9.40 Å². The number of nitrogens with zero attached hydrogens (tertiary/aromatic N) is 4. The summed E-state index contributed by atoms with van der Waals surface area (Å²) in [5.74, 6) is -0.106. The Morgan fingerprint density at radius 1 is 0.971 bits per heavy atom. The summed E-state index contributed by atoms with van der Waals surface area (Å²) in [6.07, 6.45) is 0. The van der Waals surface area contributed by atoms with Gasteiger partial charge in [-0.1, -0.05) is 49.7 Å². The standard InChI is InChI=1S/C26H32N4O4S/c1-17(2)16-30-25(31)22-9-7-6-8-21(22)23(27-30)26(32)28-10-12-29(13-11-28)35(33,34)24-19(4)14-18(3)15-20(24)5/h6-9,14-15,17H,10-13,16H2,1-5H3. The van der Waals surface area contributed by atoms with Crippen molar-refractivity contribution in [2.45, 2.75) is 46.1 Å². The highest BCUT2D eigenvalue weighted by molar-refractivity contribution is 7.89. The molecule has 0 N–H and O–H groups in total. The van der Waals surface area contributed by atoms with Gasteiger partial charge in [-0.15, -0.1) is 0 Å². The first-order valence-electron chi connectivity index (χ1n) is 11.9. The Morgan fingerprint density at radius 2 is 1.54 bits per heavy atom. The maximum Gasteiger partial charge on any atom is 0.275 e. The Labute approximate surface area is 206 Å². The number of carbonyl (C=O) groups excluding carboxylic acids is 1. The van der Waals surface area contributed by atoms with E-state index >= 15 is 0 Å². The molecule has 8 nitrogen and oxygen atoms in total. The van der Waals surface area contributed by atoms with Crippen LogP contribution >= 0.6 is 0 Å². The molecule has 1 saturated heterocycles. The molecule has 1 aliphatic heterocycles. The fourth-order valence-corrected chi connectivity index (χ4v) is 6.68. The summed E-state index contributed by atoms with van der Waals surface area (Å²) in [5.41, 5.74) is 2.48. The lowest BCUT2D eigenvalue weighted by Crippen LogP contribution is -2.51. The zero-order chi connectivity index (χ0) is 25.5. The van der Waals surface area contributed by atoms with Crippen LogP contribution < -0.4 is 5.56 Å². The lowest BCUT2D eigenvalue weighted by Gasteiger charge is -2.34. The molecule has 1 fully saturated rings. The number of hydrogen-bond acceptors (Lipinski definition) is 5. The number of amides is 1. The molecule has 3 aromatic rings. The normalized spacial score (nSPS) is 15.2. The smallest absolute Gasteiger partial charge is 0.275 e. The van der Waals surface area contributed by atoms with Gasteiger partial charge in [0.2, 0.25) is 10.0 Å². The maximum absolute atomic E-state index is 13.5. The largest absolute Gasteiger partial charge is 0.335 e. The van der Waals surface area contributed by atoms with Crippen LogP contribution in [0.2, 0.25) is 0 Å². The summed E-state index contributed by atoms with van der Waals surface area (Å²) in [6, 6.07) is 10.8. The Hall–Kier alpha value is -3.04. The van der Waals surface area contributed by atoms with Crippen molar-refractivity contribution in [3.63, 3.8) is 0 Å². The number of benzene rings is 2. The zero-order valence-corrected chi connectivity index (χ0v) is 21.7. The van der Waals surface area contributed by atoms with Gasteiger partial charge in [0.05, 0.1) is 10.3 Å². The lowest BCUT2D eigenvalue weighted by molar-refractivity contribution is 0.0691. The number of aryl methyl sites for hydroxylation is 3. The number of sulfonamides is 1. The Bertz CT molecular complexity index is 1430. The maximum atomic E-state index is 13.5. The van der Waals surface area contributed by atoms with Crippen LogP contribution in [-0.2, 0) is 16.6 Å². The molecule has 0 bridgehead atoms. The monoisotopic (exact) mass is 496 g/mol. The molecule has 0 aliphatic carbocycles. The molecule has 0 radical (unpaired) electrons. The van der Waals surface area contributed by atoms with E-state index in [9.17, 15) is 18.0 Å². The van der Waals surface area contributed by atoms with Gasteiger partial charge < -0.3 is 4.90 Å². The molecule has 2 aromatic carbocycles. The second-order valence-electron chi connectivity index (χ2n) is 9.70. The molecule has 9 heteroatoms. The summed E-state index contributed by atoms with van der Waals surface area (Å²) in [5, 5.41) is 5.42. The highest BCUT2D eigenvalue weighted by Crippen LogP contribution is 2.26. The van der Waals surface area contributed by atoms with Crippen molar-refractivity contribution in [3.8, 4) is 0 Å². The minimum absolute atomic E-state index is 0.187. The topological polar surface area (TPSA) is 92.6 Å². The van der Waals surface area contributed by atoms with Gasteiger partial charge in [0.25, 0.3) is 11.5 Å². The van der Waals surface area contributed by atoms with Crippen LogP contribution in [0.5, 0.6) is 0 Å². The number of carbonyl (C=O) groups is 1. The predicted molar refractivity (Wildman–Crippen MR) is 136 cm³/mol. The van der Waals surface area contributed by atoms with Crippen molar-refractivity contribution in [1.82, 2.24) is 19.0 Å². The third kappa shape index (κ3) is 4.75. The molecular formula is C26H32N4O4S. The van der Waals surface area contributed by atoms with Gasteiger partial charge in [-0.05, 0) is 43.9 Å². The quantitative estimate of drug-likeness (QED) is 0.541. The molecule has 1 amide bonds. The van der Waals surface area contributed by atoms with Crippen molar-refractivity contribution in [2.24, 2.45) is 5.92 Å². The minimum atomic E-state index is -3.68. The summed E-state index contributed by atoms with van der Waals surface area (Å²) in [4.78, 5) is 28.4. The van der Waals surface area contributed by atoms with E-state index in [0.717, 1.165) is 16.7 Å².